The van der Waals surface area contributed by atoms with E-state index in [0.717, 1.165) is 31.4 Å². The van der Waals surface area contributed by atoms with Gasteiger partial charge in [0, 0.05) is 12.0 Å². The molecule has 0 aromatic carbocycles. The van der Waals surface area contributed by atoms with E-state index in [1.165, 1.54) is 0 Å². The summed E-state index contributed by atoms with van der Waals surface area (Å²) >= 11 is 0. The number of rotatable bonds is 6. The zero-order valence-corrected chi connectivity index (χ0v) is 12.0. The van der Waals surface area contributed by atoms with Crippen LogP contribution in [0, 0.1) is 5.92 Å². The number of anilines is 1. The molecule has 1 aliphatic carbocycles. The van der Waals surface area contributed by atoms with Crippen LogP contribution in [0.2, 0.25) is 0 Å². The quantitative estimate of drug-likeness (QED) is 0.737. The van der Waals surface area contributed by atoms with Crippen molar-refractivity contribution in [3.8, 4) is 0 Å². The summed E-state index contributed by atoms with van der Waals surface area (Å²) in [6.07, 6.45) is 4.37. The van der Waals surface area contributed by atoms with E-state index in [0.29, 0.717) is 23.2 Å². The van der Waals surface area contributed by atoms with Gasteiger partial charge in [-0.25, -0.2) is 0 Å². The van der Waals surface area contributed by atoms with Gasteiger partial charge in [-0.3, -0.25) is 9.89 Å². The molecule has 1 saturated carbocycles. The molecular formula is C14H24N4O. The Hall–Kier alpha value is -1.52. The number of hydrogen-bond acceptors (Lipinski definition) is 3. The molecule has 0 bridgehead atoms. The van der Waals surface area contributed by atoms with Crippen LogP contribution < -0.4 is 11.1 Å². The Morgan fingerprint density at radius 2 is 2.21 bits per heavy atom. The lowest BCUT2D eigenvalue weighted by Gasteiger charge is -2.17. The topological polar surface area (TPSA) is 83.8 Å². The van der Waals surface area contributed by atoms with Crippen LogP contribution in [0.25, 0.3) is 0 Å². The predicted molar refractivity (Wildman–Crippen MR) is 76.0 cm³/mol. The second kappa shape index (κ2) is 5.63. The number of nitrogens with one attached hydrogen (secondary N) is 2. The summed E-state index contributed by atoms with van der Waals surface area (Å²) < 4.78 is 0. The van der Waals surface area contributed by atoms with Crippen molar-refractivity contribution in [1.82, 2.24) is 15.5 Å². The zero-order valence-electron chi connectivity index (χ0n) is 12.0. The molecule has 2 atom stereocenters. The molecule has 4 N–H and O–H groups in total. The van der Waals surface area contributed by atoms with E-state index in [4.69, 9.17) is 5.73 Å². The van der Waals surface area contributed by atoms with Crippen LogP contribution in [0.4, 0.5) is 5.69 Å². The Morgan fingerprint density at radius 1 is 1.53 bits per heavy atom. The number of amides is 1. The van der Waals surface area contributed by atoms with Gasteiger partial charge in [-0.1, -0.05) is 20.3 Å². The maximum absolute atomic E-state index is 12.1. The minimum atomic E-state index is -0.170. The van der Waals surface area contributed by atoms with Gasteiger partial charge < -0.3 is 11.1 Å². The minimum absolute atomic E-state index is 0.142. The number of aromatic amines is 1. The fourth-order valence-electron chi connectivity index (χ4n) is 2.34. The summed E-state index contributed by atoms with van der Waals surface area (Å²) in [4.78, 5) is 12.1. The summed E-state index contributed by atoms with van der Waals surface area (Å²) in [6, 6.07) is 0.142. The normalized spacial score (nSPS) is 18.1. The van der Waals surface area contributed by atoms with E-state index in [9.17, 15) is 4.79 Å². The summed E-state index contributed by atoms with van der Waals surface area (Å²) in [7, 11) is 0. The standard InChI is InChI=1S/C14H24N4O/c1-4-8(2)7-9(3)16-14(19)13-11(15)12(17-18-13)10-5-6-10/h8-10H,4-7,15H2,1-3H3,(H,16,19)(H,17,18). The molecule has 106 valence electrons. The molecule has 1 fully saturated rings. The molecule has 0 radical (unpaired) electrons. The lowest BCUT2D eigenvalue weighted by atomic mass is 10.0. The predicted octanol–water partition coefficient (Wildman–Crippen LogP) is 2.42. The fourth-order valence-corrected chi connectivity index (χ4v) is 2.34. The number of carbonyl (C=O) groups excluding carboxylic acids is 1. The van der Waals surface area contributed by atoms with Gasteiger partial charge >= 0.3 is 0 Å². The fraction of sp³-hybridized carbons (Fsp3) is 0.714. The molecule has 1 aromatic heterocycles. The van der Waals surface area contributed by atoms with Gasteiger partial charge in [0.1, 0.15) is 0 Å². The monoisotopic (exact) mass is 264 g/mol. The maximum Gasteiger partial charge on any atom is 0.274 e. The van der Waals surface area contributed by atoms with Gasteiger partial charge in [-0.15, -0.1) is 0 Å². The van der Waals surface area contributed by atoms with E-state index < -0.39 is 0 Å². The third-order valence-electron chi connectivity index (χ3n) is 3.86. The van der Waals surface area contributed by atoms with E-state index in [-0.39, 0.29) is 11.9 Å². The first-order valence-electron chi connectivity index (χ1n) is 7.17. The Morgan fingerprint density at radius 3 is 2.79 bits per heavy atom. The average molecular weight is 264 g/mol. The van der Waals surface area contributed by atoms with Crippen molar-refractivity contribution < 1.29 is 4.79 Å². The number of hydrogen-bond donors (Lipinski definition) is 3. The smallest absolute Gasteiger partial charge is 0.274 e. The molecule has 19 heavy (non-hydrogen) atoms. The number of carbonyl (C=O) groups is 1. The number of nitrogens with two attached hydrogens (primary N) is 1. The van der Waals surface area contributed by atoms with Crippen LogP contribution in [-0.2, 0) is 0 Å². The number of nitrogen functional groups attached to an aromatic ring is 1. The van der Waals surface area contributed by atoms with E-state index in [1.807, 2.05) is 6.92 Å². The third-order valence-corrected chi connectivity index (χ3v) is 3.86. The highest BCUT2D eigenvalue weighted by Crippen LogP contribution is 2.42. The van der Waals surface area contributed by atoms with Crippen molar-refractivity contribution in [1.29, 1.82) is 0 Å². The van der Waals surface area contributed by atoms with E-state index in [1.54, 1.807) is 0 Å². The molecule has 0 spiro atoms. The number of aromatic nitrogens is 2. The summed E-state index contributed by atoms with van der Waals surface area (Å²) in [5, 5.41) is 9.95. The molecule has 2 unspecified atom stereocenters. The van der Waals surface area contributed by atoms with Crippen LogP contribution in [0.5, 0.6) is 0 Å². The first-order valence-corrected chi connectivity index (χ1v) is 7.17. The first-order chi connectivity index (χ1) is 9.02. The van der Waals surface area contributed by atoms with Gasteiger partial charge in [0.25, 0.3) is 5.91 Å². The van der Waals surface area contributed by atoms with E-state index in [2.05, 4.69) is 29.4 Å². The van der Waals surface area contributed by atoms with Crippen molar-refractivity contribution in [3.05, 3.63) is 11.4 Å². The van der Waals surface area contributed by atoms with Gasteiger partial charge in [0.2, 0.25) is 0 Å². The Labute approximate surface area is 114 Å². The summed E-state index contributed by atoms with van der Waals surface area (Å²) in [5.41, 5.74) is 7.79. The molecule has 1 aliphatic rings. The average Bonchev–Trinajstić information content (AvgIpc) is 3.12. The lowest BCUT2D eigenvalue weighted by Crippen LogP contribution is -2.34. The molecule has 0 aliphatic heterocycles. The highest BCUT2D eigenvalue weighted by atomic mass is 16.2. The van der Waals surface area contributed by atoms with Gasteiger partial charge in [0.15, 0.2) is 5.69 Å². The molecule has 0 saturated heterocycles. The van der Waals surface area contributed by atoms with Crippen LogP contribution in [0.1, 0.15) is 68.6 Å². The SMILES string of the molecule is CCC(C)CC(C)NC(=O)c1n[nH]c(C2CC2)c1N. The highest BCUT2D eigenvalue weighted by molar-refractivity contribution is 5.97. The number of H-pyrrole nitrogens is 1. The summed E-state index contributed by atoms with van der Waals surface area (Å²) in [5.74, 6) is 0.914. The molecule has 2 rings (SSSR count). The molecule has 1 amide bonds. The molecule has 1 heterocycles. The van der Waals surface area contributed by atoms with Crippen LogP contribution in [-0.4, -0.2) is 22.1 Å². The largest absolute Gasteiger partial charge is 0.395 e. The zero-order chi connectivity index (χ0) is 14.0. The molecule has 5 heteroatoms. The number of nitrogens with zero attached hydrogens (tertiary/aromatic N) is 1. The van der Waals surface area contributed by atoms with Crippen molar-refractivity contribution >= 4 is 11.6 Å². The Bertz CT molecular complexity index is 450. The molecule has 5 nitrogen and oxygen atoms in total. The van der Waals surface area contributed by atoms with Gasteiger partial charge in [0.05, 0.1) is 11.4 Å². The van der Waals surface area contributed by atoms with Crippen molar-refractivity contribution in [3.63, 3.8) is 0 Å². The molecular weight excluding hydrogens is 240 g/mol. The second-order valence-electron chi connectivity index (χ2n) is 5.80. The van der Waals surface area contributed by atoms with Crippen LogP contribution >= 0.6 is 0 Å². The summed E-state index contributed by atoms with van der Waals surface area (Å²) in [6.45, 7) is 6.37. The second-order valence-corrected chi connectivity index (χ2v) is 5.80. The first kappa shape index (κ1) is 13.9. The molecule has 1 aromatic rings. The Kier molecular flexibility index (Phi) is 4.12. The van der Waals surface area contributed by atoms with Crippen LogP contribution in [0.3, 0.4) is 0 Å². The van der Waals surface area contributed by atoms with Crippen LogP contribution in [0.15, 0.2) is 0 Å². The van der Waals surface area contributed by atoms with Crippen molar-refractivity contribution in [2.75, 3.05) is 5.73 Å². The van der Waals surface area contributed by atoms with Gasteiger partial charge in [-0.05, 0) is 32.1 Å². The van der Waals surface area contributed by atoms with E-state index >= 15 is 0 Å². The van der Waals surface area contributed by atoms with Crippen molar-refractivity contribution in [2.45, 2.75) is 58.4 Å². The maximum atomic E-state index is 12.1. The van der Waals surface area contributed by atoms with Crippen molar-refractivity contribution in [2.24, 2.45) is 5.92 Å². The highest BCUT2D eigenvalue weighted by Gasteiger charge is 2.30. The lowest BCUT2D eigenvalue weighted by molar-refractivity contribution is 0.0931. The van der Waals surface area contributed by atoms with Gasteiger partial charge in [-0.2, -0.15) is 5.10 Å². The Balaban J connectivity index is 1.96. The third kappa shape index (κ3) is 3.28. The minimum Gasteiger partial charge on any atom is -0.395 e.